The van der Waals surface area contributed by atoms with Crippen molar-refractivity contribution in [1.82, 2.24) is 0 Å². The number of aliphatic hydroxyl groups is 2. The summed E-state index contributed by atoms with van der Waals surface area (Å²) in [6, 6.07) is 0. The lowest BCUT2D eigenvalue weighted by Gasteiger charge is -2.58. The van der Waals surface area contributed by atoms with Crippen LogP contribution in [0, 0.1) is 22.7 Å². The molecule has 0 unspecified atom stereocenters. The SMILES string of the molecule is C=C/C(C)=C/C[C@@H]1C(=C)CC[C@@H]2C(CO)(CO)CCC[C@@]12C. The van der Waals surface area contributed by atoms with E-state index < -0.39 is 0 Å². The Labute approximate surface area is 135 Å². The van der Waals surface area contributed by atoms with Gasteiger partial charge in [0.05, 0.1) is 13.2 Å². The topological polar surface area (TPSA) is 40.5 Å². The highest BCUT2D eigenvalue weighted by Crippen LogP contribution is 2.61. The van der Waals surface area contributed by atoms with E-state index in [0.717, 1.165) is 32.1 Å². The van der Waals surface area contributed by atoms with Gasteiger partial charge in [0, 0.05) is 5.41 Å². The third kappa shape index (κ3) is 2.83. The molecule has 0 amide bonds. The molecule has 2 aliphatic carbocycles. The van der Waals surface area contributed by atoms with Gasteiger partial charge < -0.3 is 10.2 Å². The van der Waals surface area contributed by atoms with Crippen LogP contribution in [0.1, 0.15) is 52.4 Å². The Balaban J connectivity index is 2.34. The zero-order valence-electron chi connectivity index (χ0n) is 14.3. The summed E-state index contributed by atoms with van der Waals surface area (Å²) in [6.45, 7) is 12.8. The van der Waals surface area contributed by atoms with Crippen molar-refractivity contribution in [3.05, 3.63) is 36.5 Å². The molecule has 2 saturated carbocycles. The molecular formula is C20H32O2. The summed E-state index contributed by atoms with van der Waals surface area (Å²) in [5, 5.41) is 20.0. The molecule has 22 heavy (non-hydrogen) atoms. The van der Waals surface area contributed by atoms with E-state index in [4.69, 9.17) is 0 Å². The van der Waals surface area contributed by atoms with Gasteiger partial charge in [0.15, 0.2) is 0 Å². The van der Waals surface area contributed by atoms with Crippen LogP contribution in [0.4, 0.5) is 0 Å². The smallest absolute Gasteiger partial charge is 0.0512 e. The lowest BCUT2D eigenvalue weighted by atomic mass is 9.46. The molecule has 0 heterocycles. The highest BCUT2D eigenvalue weighted by molar-refractivity contribution is 5.20. The van der Waals surface area contributed by atoms with Gasteiger partial charge in [-0.05, 0) is 56.3 Å². The van der Waals surface area contributed by atoms with E-state index in [0.29, 0.717) is 11.8 Å². The van der Waals surface area contributed by atoms with Crippen LogP contribution in [0.25, 0.3) is 0 Å². The molecule has 2 heteroatoms. The van der Waals surface area contributed by atoms with Gasteiger partial charge in [-0.3, -0.25) is 0 Å². The Kier molecular flexibility index (Phi) is 5.34. The van der Waals surface area contributed by atoms with Gasteiger partial charge in [-0.1, -0.05) is 49.8 Å². The lowest BCUT2D eigenvalue weighted by Crippen LogP contribution is -2.54. The maximum atomic E-state index is 10.00. The summed E-state index contributed by atoms with van der Waals surface area (Å²) >= 11 is 0. The number of hydrogen-bond acceptors (Lipinski definition) is 2. The molecule has 0 radical (unpaired) electrons. The Hall–Kier alpha value is -0.860. The van der Waals surface area contributed by atoms with Crippen LogP contribution >= 0.6 is 0 Å². The molecule has 2 rings (SSSR count). The second kappa shape index (κ2) is 6.72. The summed E-state index contributed by atoms with van der Waals surface area (Å²) in [5.41, 5.74) is 2.39. The van der Waals surface area contributed by atoms with Crippen LogP contribution in [0.15, 0.2) is 36.5 Å². The summed E-state index contributed by atoms with van der Waals surface area (Å²) < 4.78 is 0. The Bertz CT molecular complexity index is 458. The van der Waals surface area contributed by atoms with Crippen molar-refractivity contribution in [2.75, 3.05) is 13.2 Å². The molecule has 0 spiro atoms. The molecule has 2 aliphatic rings. The van der Waals surface area contributed by atoms with Crippen molar-refractivity contribution >= 4 is 0 Å². The first-order chi connectivity index (χ1) is 10.4. The van der Waals surface area contributed by atoms with Crippen LogP contribution in [0.5, 0.6) is 0 Å². The maximum absolute atomic E-state index is 10.00. The van der Waals surface area contributed by atoms with Gasteiger partial charge in [-0.25, -0.2) is 0 Å². The second-order valence-corrected chi connectivity index (χ2v) is 7.73. The fourth-order valence-corrected chi connectivity index (χ4v) is 5.14. The molecule has 0 aromatic rings. The van der Waals surface area contributed by atoms with Crippen LogP contribution in [0.3, 0.4) is 0 Å². The van der Waals surface area contributed by atoms with E-state index in [9.17, 15) is 10.2 Å². The molecule has 0 aliphatic heterocycles. The van der Waals surface area contributed by atoms with Crippen LogP contribution in [-0.4, -0.2) is 23.4 Å². The molecule has 3 atom stereocenters. The Morgan fingerprint density at radius 1 is 1.32 bits per heavy atom. The van der Waals surface area contributed by atoms with Gasteiger partial charge >= 0.3 is 0 Å². The largest absolute Gasteiger partial charge is 0.396 e. The molecule has 0 aromatic heterocycles. The number of hydrogen-bond donors (Lipinski definition) is 2. The molecule has 2 fully saturated rings. The molecule has 124 valence electrons. The van der Waals surface area contributed by atoms with E-state index >= 15 is 0 Å². The maximum Gasteiger partial charge on any atom is 0.0512 e. The molecular weight excluding hydrogens is 272 g/mol. The van der Waals surface area contributed by atoms with Crippen molar-refractivity contribution in [2.45, 2.75) is 52.4 Å². The zero-order chi connectivity index (χ0) is 16.4. The van der Waals surface area contributed by atoms with E-state index in [2.05, 4.69) is 33.1 Å². The van der Waals surface area contributed by atoms with E-state index in [1.165, 1.54) is 17.6 Å². The first kappa shape index (κ1) is 17.5. The fraction of sp³-hybridized carbons (Fsp3) is 0.700. The van der Waals surface area contributed by atoms with Gasteiger partial charge in [0.1, 0.15) is 0 Å². The summed E-state index contributed by atoms with van der Waals surface area (Å²) in [5.74, 6) is 0.829. The minimum absolute atomic E-state index is 0.102. The molecule has 2 nitrogen and oxygen atoms in total. The van der Waals surface area contributed by atoms with Crippen molar-refractivity contribution in [3.8, 4) is 0 Å². The minimum atomic E-state index is -0.302. The number of rotatable bonds is 5. The number of aliphatic hydroxyl groups excluding tert-OH is 2. The van der Waals surface area contributed by atoms with E-state index in [1.54, 1.807) is 0 Å². The summed E-state index contributed by atoms with van der Waals surface area (Å²) in [7, 11) is 0. The number of allylic oxidation sites excluding steroid dienone is 4. The average Bonchev–Trinajstić information content (AvgIpc) is 2.52. The Morgan fingerprint density at radius 3 is 2.59 bits per heavy atom. The van der Waals surface area contributed by atoms with Gasteiger partial charge in [-0.2, -0.15) is 0 Å². The predicted octanol–water partition coefficient (Wildman–Crippen LogP) is 4.25. The fourth-order valence-electron chi connectivity index (χ4n) is 5.14. The van der Waals surface area contributed by atoms with Crippen LogP contribution in [0.2, 0.25) is 0 Å². The van der Waals surface area contributed by atoms with E-state index in [-0.39, 0.29) is 24.0 Å². The van der Waals surface area contributed by atoms with E-state index in [1.807, 2.05) is 6.08 Å². The molecule has 0 bridgehead atoms. The molecule has 0 saturated heterocycles. The predicted molar refractivity (Wildman–Crippen MR) is 92.5 cm³/mol. The normalized spacial score (nSPS) is 35.1. The Morgan fingerprint density at radius 2 is 2.00 bits per heavy atom. The monoisotopic (exact) mass is 304 g/mol. The lowest BCUT2D eigenvalue weighted by molar-refractivity contribution is -0.116. The van der Waals surface area contributed by atoms with Gasteiger partial charge in [0.25, 0.3) is 0 Å². The zero-order valence-corrected chi connectivity index (χ0v) is 14.3. The van der Waals surface area contributed by atoms with Crippen molar-refractivity contribution in [3.63, 3.8) is 0 Å². The highest BCUT2D eigenvalue weighted by Gasteiger charge is 2.55. The first-order valence-electron chi connectivity index (χ1n) is 8.62. The highest BCUT2D eigenvalue weighted by atomic mass is 16.3. The first-order valence-corrected chi connectivity index (χ1v) is 8.62. The van der Waals surface area contributed by atoms with Crippen LogP contribution in [-0.2, 0) is 0 Å². The average molecular weight is 304 g/mol. The van der Waals surface area contributed by atoms with Crippen molar-refractivity contribution in [1.29, 1.82) is 0 Å². The molecule has 2 N–H and O–H groups in total. The van der Waals surface area contributed by atoms with Gasteiger partial charge in [0.2, 0.25) is 0 Å². The third-order valence-electron chi connectivity index (χ3n) is 6.60. The summed E-state index contributed by atoms with van der Waals surface area (Å²) in [6.07, 6.45) is 10.4. The number of fused-ring (bicyclic) bond motifs is 1. The van der Waals surface area contributed by atoms with Gasteiger partial charge in [-0.15, -0.1) is 0 Å². The summed E-state index contributed by atoms with van der Waals surface area (Å²) in [4.78, 5) is 0. The van der Waals surface area contributed by atoms with Crippen molar-refractivity contribution < 1.29 is 10.2 Å². The second-order valence-electron chi connectivity index (χ2n) is 7.73. The van der Waals surface area contributed by atoms with Crippen molar-refractivity contribution in [2.24, 2.45) is 22.7 Å². The minimum Gasteiger partial charge on any atom is -0.396 e. The van der Waals surface area contributed by atoms with Crippen LogP contribution < -0.4 is 0 Å². The molecule has 0 aromatic carbocycles. The quantitative estimate of drug-likeness (QED) is 0.589. The third-order valence-corrected chi connectivity index (χ3v) is 6.60. The standard InChI is InChI=1S/C20H32O2/c1-5-15(2)7-9-17-16(3)8-10-18-19(17,4)11-6-12-20(18,13-21)14-22/h5,7,17-18,21-22H,1,3,6,8-14H2,2,4H3/b15-7+/t17-,18+,19+/m1/s1.